The Morgan fingerprint density at radius 1 is 1.50 bits per heavy atom. The maximum Gasteiger partial charge on any atom is 0.268 e. The number of hydrogen-bond donors (Lipinski definition) is 1. The predicted molar refractivity (Wildman–Crippen MR) is 75.3 cm³/mol. The van der Waals surface area contributed by atoms with Gasteiger partial charge in [0, 0.05) is 30.5 Å². The van der Waals surface area contributed by atoms with Crippen LogP contribution in [0.4, 0.5) is 5.69 Å². The first kappa shape index (κ1) is 12.8. The van der Waals surface area contributed by atoms with E-state index >= 15 is 0 Å². The van der Waals surface area contributed by atoms with Gasteiger partial charge >= 0.3 is 0 Å². The van der Waals surface area contributed by atoms with Gasteiger partial charge < -0.3 is 5.32 Å². The highest BCUT2D eigenvalue weighted by Gasteiger charge is 2.01. The maximum absolute atomic E-state index is 11.8. The van der Waals surface area contributed by atoms with Crippen molar-refractivity contribution in [3.63, 3.8) is 0 Å². The Labute approximate surface area is 110 Å². The lowest BCUT2D eigenvalue weighted by Crippen LogP contribution is -2.23. The van der Waals surface area contributed by atoms with E-state index in [0.717, 1.165) is 25.1 Å². The van der Waals surface area contributed by atoms with Gasteiger partial charge in [-0.2, -0.15) is 5.10 Å². The summed E-state index contributed by atoms with van der Waals surface area (Å²) < 4.78 is 1.51. The zero-order valence-corrected chi connectivity index (χ0v) is 11.2. The van der Waals surface area contributed by atoms with Gasteiger partial charge in [-0.1, -0.05) is 13.0 Å². The summed E-state index contributed by atoms with van der Waals surface area (Å²) in [7, 11) is 0. The van der Waals surface area contributed by atoms with Crippen molar-refractivity contribution in [2.45, 2.75) is 26.3 Å². The molecule has 0 spiro atoms. The Kier molecular flexibility index (Phi) is 4.52. The molecule has 0 atom stereocenters. The summed E-state index contributed by atoms with van der Waals surface area (Å²) in [6, 6.07) is 5.71. The minimum Gasteiger partial charge on any atom is -0.384 e. The molecule has 2 heterocycles. The number of aryl methyl sites for hydroxylation is 2. The monoisotopic (exact) mass is 263 g/mol. The molecule has 96 valence electrons. The molecule has 18 heavy (non-hydrogen) atoms. The van der Waals surface area contributed by atoms with Crippen LogP contribution in [0, 0.1) is 0 Å². The largest absolute Gasteiger partial charge is 0.384 e. The van der Waals surface area contributed by atoms with E-state index < -0.39 is 0 Å². The second-order valence-corrected chi connectivity index (χ2v) is 5.09. The highest BCUT2D eigenvalue weighted by atomic mass is 32.1. The molecule has 0 aromatic carbocycles. The summed E-state index contributed by atoms with van der Waals surface area (Å²) in [5.41, 5.74) is 0.752. The Morgan fingerprint density at radius 3 is 3.06 bits per heavy atom. The molecule has 0 fully saturated rings. The molecule has 0 bridgehead atoms. The van der Waals surface area contributed by atoms with E-state index in [2.05, 4.69) is 23.4 Å². The van der Waals surface area contributed by atoms with Crippen molar-refractivity contribution in [2.75, 3.05) is 11.9 Å². The fourth-order valence-electron chi connectivity index (χ4n) is 1.64. The van der Waals surface area contributed by atoms with Crippen molar-refractivity contribution < 1.29 is 0 Å². The fraction of sp³-hybridized carbons (Fsp3) is 0.385. The van der Waals surface area contributed by atoms with E-state index in [1.165, 1.54) is 9.56 Å². The number of thiophene rings is 1. The van der Waals surface area contributed by atoms with Crippen LogP contribution in [0.1, 0.15) is 18.2 Å². The SMILES string of the molecule is CCCNc1cnn(CCc2cccs2)c(=O)c1. The van der Waals surface area contributed by atoms with Crippen LogP contribution >= 0.6 is 11.3 Å². The smallest absolute Gasteiger partial charge is 0.268 e. The minimum absolute atomic E-state index is 0.0485. The van der Waals surface area contributed by atoms with Gasteiger partial charge in [0.15, 0.2) is 0 Å². The predicted octanol–water partition coefficient (Wildman–Crippen LogP) is 2.37. The van der Waals surface area contributed by atoms with Gasteiger partial charge in [-0.3, -0.25) is 4.79 Å². The van der Waals surface area contributed by atoms with Crippen molar-refractivity contribution in [1.29, 1.82) is 0 Å². The van der Waals surface area contributed by atoms with E-state index in [0.29, 0.717) is 6.54 Å². The van der Waals surface area contributed by atoms with Gasteiger partial charge in [-0.25, -0.2) is 4.68 Å². The molecular weight excluding hydrogens is 246 g/mol. The number of nitrogens with one attached hydrogen (secondary N) is 1. The zero-order chi connectivity index (χ0) is 12.8. The summed E-state index contributed by atoms with van der Waals surface area (Å²) in [6.07, 6.45) is 3.60. The minimum atomic E-state index is -0.0485. The maximum atomic E-state index is 11.8. The third-order valence-corrected chi connectivity index (χ3v) is 3.53. The molecule has 4 nitrogen and oxygen atoms in total. The van der Waals surface area contributed by atoms with Gasteiger partial charge in [0.25, 0.3) is 5.56 Å². The van der Waals surface area contributed by atoms with E-state index in [4.69, 9.17) is 0 Å². The molecule has 0 saturated heterocycles. The van der Waals surface area contributed by atoms with E-state index in [1.807, 2.05) is 11.4 Å². The quantitative estimate of drug-likeness (QED) is 0.870. The molecule has 0 saturated carbocycles. The molecule has 0 amide bonds. The van der Waals surface area contributed by atoms with Crippen LogP contribution in [0.5, 0.6) is 0 Å². The van der Waals surface area contributed by atoms with Crippen molar-refractivity contribution >= 4 is 17.0 Å². The van der Waals surface area contributed by atoms with Gasteiger partial charge in [-0.15, -0.1) is 11.3 Å². The van der Waals surface area contributed by atoms with E-state index in [1.54, 1.807) is 23.6 Å². The van der Waals surface area contributed by atoms with Gasteiger partial charge in [0.1, 0.15) is 0 Å². The molecule has 0 aliphatic carbocycles. The van der Waals surface area contributed by atoms with Crippen LogP contribution < -0.4 is 10.9 Å². The Bertz CT molecular complexity index is 533. The Hall–Kier alpha value is -1.62. The summed E-state index contributed by atoms with van der Waals surface area (Å²) in [5.74, 6) is 0. The molecule has 2 aromatic rings. The molecule has 2 rings (SSSR count). The molecular formula is C13H17N3OS. The summed E-state index contributed by atoms with van der Waals surface area (Å²) >= 11 is 1.71. The van der Waals surface area contributed by atoms with Gasteiger partial charge in [-0.05, 0) is 17.9 Å². The zero-order valence-electron chi connectivity index (χ0n) is 10.4. The molecule has 0 aliphatic rings. The average molecular weight is 263 g/mol. The lowest BCUT2D eigenvalue weighted by molar-refractivity contribution is 0.581. The van der Waals surface area contributed by atoms with Crippen LogP contribution in [0.3, 0.4) is 0 Å². The molecule has 1 N–H and O–H groups in total. The van der Waals surface area contributed by atoms with Crippen molar-refractivity contribution in [3.8, 4) is 0 Å². The first-order valence-corrected chi connectivity index (χ1v) is 7.01. The lowest BCUT2D eigenvalue weighted by atomic mass is 10.3. The third kappa shape index (κ3) is 3.43. The standard InChI is InChI=1S/C13H17N3OS/c1-2-6-14-11-9-13(17)16(15-10-11)7-5-12-4-3-8-18-12/h3-4,8-10,14H,2,5-7H2,1H3. The summed E-state index contributed by atoms with van der Waals surface area (Å²) in [5, 5.41) is 9.38. The normalized spacial score (nSPS) is 10.5. The van der Waals surface area contributed by atoms with Crippen molar-refractivity contribution in [2.24, 2.45) is 0 Å². The number of nitrogens with zero attached hydrogens (tertiary/aromatic N) is 2. The highest BCUT2D eigenvalue weighted by Crippen LogP contribution is 2.09. The van der Waals surface area contributed by atoms with Crippen molar-refractivity contribution in [3.05, 3.63) is 45.0 Å². The molecule has 5 heteroatoms. The average Bonchev–Trinajstić information content (AvgIpc) is 2.88. The molecule has 0 aliphatic heterocycles. The number of rotatable bonds is 6. The lowest BCUT2D eigenvalue weighted by Gasteiger charge is -2.06. The number of hydrogen-bond acceptors (Lipinski definition) is 4. The first-order valence-electron chi connectivity index (χ1n) is 6.13. The second kappa shape index (κ2) is 6.35. The van der Waals surface area contributed by atoms with Crippen LogP contribution in [0.25, 0.3) is 0 Å². The Morgan fingerprint density at radius 2 is 2.39 bits per heavy atom. The Balaban J connectivity index is 1.99. The number of aromatic nitrogens is 2. The highest BCUT2D eigenvalue weighted by molar-refractivity contribution is 7.09. The molecule has 0 radical (unpaired) electrons. The van der Waals surface area contributed by atoms with Crippen LogP contribution in [-0.2, 0) is 13.0 Å². The van der Waals surface area contributed by atoms with Gasteiger partial charge in [0.2, 0.25) is 0 Å². The number of anilines is 1. The van der Waals surface area contributed by atoms with Gasteiger partial charge in [0.05, 0.1) is 11.9 Å². The van der Waals surface area contributed by atoms with E-state index in [9.17, 15) is 4.79 Å². The van der Waals surface area contributed by atoms with Crippen LogP contribution in [-0.4, -0.2) is 16.3 Å². The van der Waals surface area contributed by atoms with Crippen LogP contribution in [0.15, 0.2) is 34.6 Å². The summed E-state index contributed by atoms with van der Waals surface area (Å²) in [4.78, 5) is 13.1. The second-order valence-electron chi connectivity index (χ2n) is 4.06. The molecule has 0 unspecified atom stereocenters. The first-order chi connectivity index (χ1) is 8.79. The van der Waals surface area contributed by atoms with E-state index in [-0.39, 0.29) is 5.56 Å². The van der Waals surface area contributed by atoms with Crippen LogP contribution in [0.2, 0.25) is 0 Å². The topological polar surface area (TPSA) is 46.9 Å². The summed E-state index contributed by atoms with van der Waals surface area (Å²) in [6.45, 7) is 3.58. The molecule has 2 aromatic heterocycles. The van der Waals surface area contributed by atoms with Crippen molar-refractivity contribution in [1.82, 2.24) is 9.78 Å². The fourth-order valence-corrected chi connectivity index (χ4v) is 2.34. The third-order valence-electron chi connectivity index (χ3n) is 2.60.